The third kappa shape index (κ3) is 2.00. The Morgan fingerprint density at radius 3 is 3.00 bits per heavy atom. The van der Waals surface area contributed by atoms with E-state index in [4.69, 9.17) is 0 Å². The van der Waals surface area contributed by atoms with Crippen LogP contribution in [0.5, 0.6) is 0 Å². The molecule has 1 aliphatic carbocycles. The Hall–Kier alpha value is -0.380. The van der Waals surface area contributed by atoms with Crippen LogP contribution in [0.25, 0.3) is 0 Å². The summed E-state index contributed by atoms with van der Waals surface area (Å²) in [5, 5.41) is 3.69. The van der Waals surface area contributed by atoms with Crippen LogP contribution in [-0.4, -0.2) is 41.6 Å². The predicted molar refractivity (Wildman–Crippen MR) is 59.7 cm³/mol. The number of thioether (sulfide) groups is 1. The van der Waals surface area contributed by atoms with Crippen molar-refractivity contribution in [3.8, 4) is 0 Å². The Kier molecular flexibility index (Phi) is 3.21. The van der Waals surface area contributed by atoms with Gasteiger partial charge in [-0.1, -0.05) is 0 Å². The van der Waals surface area contributed by atoms with Gasteiger partial charge >= 0.3 is 6.03 Å². The first-order chi connectivity index (χ1) is 6.81. The van der Waals surface area contributed by atoms with E-state index in [1.54, 1.807) is 0 Å². The highest BCUT2D eigenvalue weighted by molar-refractivity contribution is 7.99. The van der Waals surface area contributed by atoms with Crippen molar-refractivity contribution in [2.24, 2.45) is 0 Å². The highest BCUT2D eigenvalue weighted by atomic mass is 32.2. The van der Waals surface area contributed by atoms with Crippen LogP contribution in [0.4, 0.5) is 4.79 Å². The monoisotopic (exact) mass is 214 g/mol. The van der Waals surface area contributed by atoms with Crippen LogP contribution in [0.1, 0.15) is 25.7 Å². The van der Waals surface area contributed by atoms with E-state index >= 15 is 0 Å². The van der Waals surface area contributed by atoms with E-state index in [9.17, 15) is 4.79 Å². The maximum absolute atomic E-state index is 11.6. The lowest BCUT2D eigenvalue weighted by Crippen LogP contribution is -2.50. The average Bonchev–Trinajstić information content (AvgIpc) is 2.67. The SMILES string of the molecule is CSC1CCC(N2CCCNC2=O)C1. The molecule has 2 amide bonds. The van der Waals surface area contributed by atoms with Gasteiger partial charge in [-0.25, -0.2) is 4.79 Å². The molecule has 0 radical (unpaired) electrons. The highest BCUT2D eigenvalue weighted by Gasteiger charge is 2.32. The van der Waals surface area contributed by atoms with Crippen molar-refractivity contribution in [1.82, 2.24) is 10.2 Å². The molecule has 2 atom stereocenters. The van der Waals surface area contributed by atoms with Gasteiger partial charge in [0.25, 0.3) is 0 Å². The summed E-state index contributed by atoms with van der Waals surface area (Å²) in [5.41, 5.74) is 0. The molecule has 1 saturated carbocycles. The molecule has 1 heterocycles. The molecule has 2 rings (SSSR count). The van der Waals surface area contributed by atoms with Gasteiger partial charge in [0, 0.05) is 24.4 Å². The third-order valence-electron chi connectivity index (χ3n) is 3.24. The van der Waals surface area contributed by atoms with Crippen molar-refractivity contribution in [2.75, 3.05) is 19.3 Å². The van der Waals surface area contributed by atoms with Gasteiger partial charge in [-0.3, -0.25) is 0 Å². The summed E-state index contributed by atoms with van der Waals surface area (Å²) in [6, 6.07) is 0.663. The number of nitrogens with one attached hydrogen (secondary N) is 1. The minimum Gasteiger partial charge on any atom is -0.338 e. The van der Waals surface area contributed by atoms with Crippen molar-refractivity contribution < 1.29 is 4.79 Å². The lowest BCUT2D eigenvalue weighted by molar-refractivity contribution is 0.162. The Bertz CT molecular complexity index is 222. The molecule has 0 spiro atoms. The molecule has 3 nitrogen and oxygen atoms in total. The van der Waals surface area contributed by atoms with E-state index in [0.717, 1.165) is 24.8 Å². The van der Waals surface area contributed by atoms with Crippen molar-refractivity contribution in [3.05, 3.63) is 0 Å². The molecule has 14 heavy (non-hydrogen) atoms. The van der Waals surface area contributed by atoms with Gasteiger partial charge in [0.1, 0.15) is 0 Å². The molecule has 0 aromatic heterocycles. The molecule has 2 unspecified atom stereocenters. The molecular formula is C10H18N2OS. The highest BCUT2D eigenvalue weighted by Crippen LogP contribution is 2.31. The summed E-state index contributed by atoms with van der Waals surface area (Å²) >= 11 is 1.94. The maximum Gasteiger partial charge on any atom is 0.317 e. The fourth-order valence-corrected chi connectivity index (χ4v) is 3.20. The summed E-state index contributed by atoms with van der Waals surface area (Å²) in [4.78, 5) is 13.6. The quantitative estimate of drug-likeness (QED) is 0.758. The molecule has 4 heteroatoms. The minimum atomic E-state index is 0.156. The van der Waals surface area contributed by atoms with Gasteiger partial charge in [0.15, 0.2) is 0 Å². The first-order valence-corrected chi connectivity index (χ1v) is 6.67. The average molecular weight is 214 g/mol. The Morgan fingerprint density at radius 1 is 1.50 bits per heavy atom. The van der Waals surface area contributed by atoms with E-state index in [2.05, 4.69) is 11.6 Å². The smallest absolute Gasteiger partial charge is 0.317 e. The molecule has 0 aromatic rings. The fourth-order valence-electron chi connectivity index (χ4n) is 2.41. The predicted octanol–water partition coefficient (Wildman–Crippen LogP) is 1.69. The van der Waals surface area contributed by atoms with E-state index in [1.807, 2.05) is 16.7 Å². The van der Waals surface area contributed by atoms with Crippen LogP contribution in [-0.2, 0) is 0 Å². The first kappa shape index (κ1) is 10.1. The number of hydrogen-bond acceptors (Lipinski definition) is 2. The minimum absolute atomic E-state index is 0.156. The van der Waals surface area contributed by atoms with Gasteiger partial charge in [-0.05, 0) is 31.9 Å². The summed E-state index contributed by atoms with van der Waals surface area (Å²) in [5.74, 6) is 0. The largest absolute Gasteiger partial charge is 0.338 e. The maximum atomic E-state index is 11.6. The lowest BCUT2D eigenvalue weighted by Gasteiger charge is -2.32. The number of amides is 2. The number of carbonyl (C=O) groups is 1. The first-order valence-electron chi connectivity index (χ1n) is 5.38. The lowest BCUT2D eigenvalue weighted by atomic mass is 10.2. The molecule has 2 aliphatic rings. The molecule has 0 aromatic carbocycles. The molecule has 1 N–H and O–H groups in total. The van der Waals surface area contributed by atoms with E-state index in [1.165, 1.54) is 19.3 Å². The van der Waals surface area contributed by atoms with Crippen molar-refractivity contribution in [2.45, 2.75) is 37.0 Å². The number of nitrogens with zero attached hydrogens (tertiary/aromatic N) is 1. The second-order valence-electron chi connectivity index (χ2n) is 4.10. The number of hydrogen-bond donors (Lipinski definition) is 1. The molecular weight excluding hydrogens is 196 g/mol. The standard InChI is InChI=1S/C10H18N2OS/c1-14-9-4-3-8(7-9)12-6-2-5-11-10(12)13/h8-9H,2-7H2,1H3,(H,11,13). The van der Waals surface area contributed by atoms with E-state index < -0.39 is 0 Å². The van der Waals surface area contributed by atoms with Crippen molar-refractivity contribution in [3.63, 3.8) is 0 Å². The van der Waals surface area contributed by atoms with Gasteiger partial charge in [-0.2, -0.15) is 11.8 Å². The van der Waals surface area contributed by atoms with Crippen LogP contribution in [0.3, 0.4) is 0 Å². The van der Waals surface area contributed by atoms with Crippen LogP contribution in [0.2, 0.25) is 0 Å². The van der Waals surface area contributed by atoms with E-state index in [0.29, 0.717) is 6.04 Å². The third-order valence-corrected chi connectivity index (χ3v) is 4.34. The number of rotatable bonds is 2. The van der Waals surface area contributed by atoms with Crippen LogP contribution < -0.4 is 5.32 Å². The zero-order chi connectivity index (χ0) is 9.97. The molecule has 2 fully saturated rings. The van der Waals surface area contributed by atoms with Gasteiger partial charge in [0.2, 0.25) is 0 Å². The van der Waals surface area contributed by atoms with Gasteiger partial charge < -0.3 is 10.2 Å². The summed E-state index contributed by atoms with van der Waals surface area (Å²) in [7, 11) is 0. The summed E-state index contributed by atoms with van der Waals surface area (Å²) < 4.78 is 0. The number of urea groups is 1. The molecule has 1 saturated heterocycles. The summed E-state index contributed by atoms with van der Waals surface area (Å²) in [6.45, 7) is 1.81. The summed E-state index contributed by atoms with van der Waals surface area (Å²) in [6.07, 6.45) is 6.93. The van der Waals surface area contributed by atoms with Crippen molar-refractivity contribution in [1.29, 1.82) is 0 Å². The van der Waals surface area contributed by atoms with E-state index in [-0.39, 0.29) is 6.03 Å². The number of carbonyl (C=O) groups excluding carboxylic acids is 1. The Balaban J connectivity index is 1.91. The Labute approximate surface area is 89.6 Å². The second kappa shape index (κ2) is 4.43. The second-order valence-corrected chi connectivity index (χ2v) is 5.24. The fraction of sp³-hybridized carbons (Fsp3) is 0.900. The molecule has 0 bridgehead atoms. The van der Waals surface area contributed by atoms with Crippen LogP contribution >= 0.6 is 11.8 Å². The van der Waals surface area contributed by atoms with Crippen LogP contribution in [0.15, 0.2) is 0 Å². The molecule has 1 aliphatic heterocycles. The van der Waals surface area contributed by atoms with Gasteiger partial charge in [0.05, 0.1) is 0 Å². The van der Waals surface area contributed by atoms with Crippen LogP contribution in [0, 0.1) is 0 Å². The normalized spacial score (nSPS) is 33.2. The molecule has 80 valence electrons. The van der Waals surface area contributed by atoms with Gasteiger partial charge in [-0.15, -0.1) is 0 Å². The van der Waals surface area contributed by atoms with Crippen molar-refractivity contribution >= 4 is 17.8 Å². The zero-order valence-corrected chi connectivity index (χ0v) is 9.48. The topological polar surface area (TPSA) is 32.3 Å². The zero-order valence-electron chi connectivity index (χ0n) is 8.66. The Morgan fingerprint density at radius 2 is 2.36 bits per heavy atom.